The van der Waals surface area contributed by atoms with Gasteiger partial charge in [-0.1, -0.05) is 35.9 Å². The number of nitrogens with zero attached hydrogens (tertiary/aromatic N) is 1. The zero-order valence-corrected chi connectivity index (χ0v) is 21.5. The molecule has 0 aromatic heterocycles. The van der Waals surface area contributed by atoms with Gasteiger partial charge in [-0.3, -0.25) is 9.69 Å². The first-order valence-electron chi connectivity index (χ1n) is 11.3. The number of carbonyl (C=O) groups is 1. The minimum atomic E-state index is -1.14. The zero-order chi connectivity index (χ0) is 24.9. The molecule has 0 radical (unpaired) electrons. The second-order valence-corrected chi connectivity index (χ2v) is 9.81. The predicted molar refractivity (Wildman–Crippen MR) is 142 cm³/mol. The van der Waals surface area contributed by atoms with Gasteiger partial charge in [0, 0.05) is 16.3 Å². The Balaban J connectivity index is 1.67. The SMILES string of the molecule is COc1cccc2c1O[C@@]1(C)[C@@H](C(=O)Nc3ccc(Cl)cc3)[C@@H]2NC(=S)N1c1cccc(C)c1C. The Kier molecular flexibility index (Phi) is 5.85. The molecule has 1 fully saturated rings. The van der Waals surface area contributed by atoms with Crippen molar-refractivity contribution in [2.45, 2.75) is 32.5 Å². The second kappa shape index (κ2) is 8.73. The fraction of sp³-hybridized carbons (Fsp3) is 0.259. The summed E-state index contributed by atoms with van der Waals surface area (Å²) in [5.41, 5.74) is 3.39. The molecule has 2 bridgehead atoms. The van der Waals surface area contributed by atoms with E-state index in [2.05, 4.69) is 23.6 Å². The molecule has 2 N–H and O–H groups in total. The van der Waals surface area contributed by atoms with Gasteiger partial charge >= 0.3 is 0 Å². The summed E-state index contributed by atoms with van der Waals surface area (Å²) in [5, 5.41) is 7.58. The molecule has 0 spiro atoms. The summed E-state index contributed by atoms with van der Waals surface area (Å²) >= 11 is 11.9. The summed E-state index contributed by atoms with van der Waals surface area (Å²) < 4.78 is 12.3. The number of benzene rings is 3. The standard InChI is InChI=1S/C27H26ClN3O3S/c1-15-7-5-9-20(16(15)2)31-26(35)30-23-19-8-6-10-21(33-4)24(19)34-27(31,3)22(23)25(32)29-18-13-11-17(28)12-14-18/h5-14,22-23H,1-4H3,(H,29,32)(H,30,35)/t22-,23-,27+/m1/s1. The number of hydrogen-bond acceptors (Lipinski definition) is 4. The minimum absolute atomic E-state index is 0.196. The molecule has 3 aromatic rings. The van der Waals surface area contributed by atoms with Gasteiger partial charge in [0.05, 0.1) is 18.8 Å². The maximum absolute atomic E-state index is 13.9. The number of carbonyl (C=O) groups excluding carboxylic acids is 1. The maximum Gasteiger partial charge on any atom is 0.236 e. The fourth-order valence-electron chi connectivity index (χ4n) is 5.03. The molecule has 2 aliphatic heterocycles. The third-order valence-electron chi connectivity index (χ3n) is 6.92. The number of aryl methyl sites for hydroxylation is 1. The van der Waals surface area contributed by atoms with E-state index in [1.54, 1.807) is 31.4 Å². The van der Waals surface area contributed by atoms with Crippen molar-refractivity contribution >= 4 is 46.2 Å². The number of para-hydroxylation sites is 1. The number of hydrogen-bond donors (Lipinski definition) is 2. The lowest BCUT2D eigenvalue weighted by atomic mass is 9.78. The first-order chi connectivity index (χ1) is 16.7. The van der Waals surface area contributed by atoms with Gasteiger partial charge in [-0.2, -0.15) is 0 Å². The smallest absolute Gasteiger partial charge is 0.236 e. The van der Waals surface area contributed by atoms with Crippen LogP contribution < -0.4 is 25.0 Å². The van der Waals surface area contributed by atoms with Crippen molar-refractivity contribution in [2.24, 2.45) is 5.92 Å². The molecule has 0 saturated carbocycles. The number of fused-ring (bicyclic) bond motifs is 4. The molecule has 3 atom stereocenters. The van der Waals surface area contributed by atoms with Crippen LogP contribution in [0.1, 0.15) is 29.7 Å². The molecule has 35 heavy (non-hydrogen) atoms. The zero-order valence-electron chi connectivity index (χ0n) is 19.9. The monoisotopic (exact) mass is 507 g/mol. The third-order valence-corrected chi connectivity index (χ3v) is 7.47. The van der Waals surface area contributed by atoms with Gasteiger partial charge in [0.25, 0.3) is 0 Å². The van der Waals surface area contributed by atoms with Gasteiger partial charge in [-0.15, -0.1) is 0 Å². The van der Waals surface area contributed by atoms with E-state index in [1.165, 1.54) is 0 Å². The van der Waals surface area contributed by atoms with Crippen molar-refractivity contribution in [1.82, 2.24) is 5.32 Å². The Morgan fingerprint density at radius 3 is 2.57 bits per heavy atom. The highest BCUT2D eigenvalue weighted by atomic mass is 35.5. The second-order valence-electron chi connectivity index (χ2n) is 8.99. The van der Waals surface area contributed by atoms with E-state index in [4.69, 9.17) is 33.3 Å². The number of halogens is 1. The molecule has 1 saturated heterocycles. The van der Waals surface area contributed by atoms with Crippen LogP contribution in [0.2, 0.25) is 5.02 Å². The van der Waals surface area contributed by atoms with Crippen molar-refractivity contribution in [3.63, 3.8) is 0 Å². The van der Waals surface area contributed by atoms with Crippen LogP contribution in [0.15, 0.2) is 60.7 Å². The van der Waals surface area contributed by atoms with Gasteiger partial charge in [0.1, 0.15) is 5.92 Å². The van der Waals surface area contributed by atoms with Crippen molar-refractivity contribution in [3.05, 3.63) is 82.4 Å². The van der Waals surface area contributed by atoms with E-state index in [9.17, 15) is 4.79 Å². The highest BCUT2D eigenvalue weighted by molar-refractivity contribution is 7.80. The van der Waals surface area contributed by atoms with E-state index in [1.807, 2.05) is 49.1 Å². The van der Waals surface area contributed by atoms with Crippen molar-refractivity contribution < 1.29 is 14.3 Å². The van der Waals surface area contributed by atoms with Crippen LogP contribution in [0.25, 0.3) is 0 Å². The first kappa shape index (κ1) is 23.5. The first-order valence-corrected chi connectivity index (χ1v) is 12.1. The van der Waals surface area contributed by atoms with Crippen molar-refractivity contribution in [1.29, 1.82) is 0 Å². The lowest BCUT2D eigenvalue weighted by Crippen LogP contribution is -2.72. The van der Waals surface area contributed by atoms with Gasteiger partial charge in [0.2, 0.25) is 5.91 Å². The Morgan fingerprint density at radius 2 is 1.86 bits per heavy atom. The summed E-state index contributed by atoms with van der Waals surface area (Å²) in [6, 6.07) is 18.3. The van der Waals surface area contributed by atoms with Gasteiger partial charge in [0.15, 0.2) is 22.3 Å². The topological polar surface area (TPSA) is 62.8 Å². The van der Waals surface area contributed by atoms with Gasteiger partial charge < -0.3 is 20.1 Å². The van der Waals surface area contributed by atoms with E-state index >= 15 is 0 Å². The average molecular weight is 508 g/mol. The molecule has 1 amide bonds. The van der Waals surface area contributed by atoms with Crippen molar-refractivity contribution in [2.75, 3.05) is 17.3 Å². The number of methoxy groups -OCH3 is 1. The number of ether oxygens (including phenoxy) is 2. The van der Waals surface area contributed by atoms with Crippen LogP contribution in [0.4, 0.5) is 11.4 Å². The van der Waals surface area contributed by atoms with E-state index in [-0.39, 0.29) is 5.91 Å². The predicted octanol–water partition coefficient (Wildman–Crippen LogP) is 5.76. The molecule has 0 unspecified atom stereocenters. The number of amides is 1. The molecule has 0 aliphatic carbocycles. The molecular weight excluding hydrogens is 482 g/mol. The number of anilines is 2. The average Bonchev–Trinajstić information content (AvgIpc) is 2.82. The van der Waals surface area contributed by atoms with Crippen molar-refractivity contribution in [3.8, 4) is 11.5 Å². The van der Waals surface area contributed by atoms with Crippen LogP contribution >= 0.6 is 23.8 Å². The Labute approximate surface area is 215 Å². The normalized spacial score (nSPS) is 22.5. The van der Waals surface area contributed by atoms with Crippen LogP contribution in [0.5, 0.6) is 11.5 Å². The lowest BCUT2D eigenvalue weighted by molar-refractivity contribution is -0.130. The summed E-state index contributed by atoms with van der Waals surface area (Å²) in [6.45, 7) is 6.01. The van der Waals surface area contributed by atoms with Crippen LogP contribution in [-0.2, 0) is 4.79 Å². The van der Waals surface area contributed by atoms with E-state index in [0.29, 0.717) is 27.3 Å². The molecule has 180 valence electrons. The number of nitrogens with one attached hydrogen (secondary N) is 2. The maximum atomic E-state index is 13.9. The molecule has 6 nitrogen and oxygen atoms in total. The largest absolute Gasteiger partial charge is 0.493 e. The molecule has 3 aromatic carbocycles. The molecule has 2 heterocycles. The highest BCUT2D eigenvalue weighted by Crippen LogP contribution is 2.53. The Hall–Kier alpha value is -3.29. The molecule has 8 heteroatoms. The van der Waals surface area contributed by atoms with E-state index < -0.39 is 17.7 Å². The Morgan fingerprint density at radius 1 is 1.14 bits per heavy atom. The quantitative estimate of drug-likeness (QED) is 0.437. The van der Waals surface area contributed by atoms with E-state index in [0.717, 1.165) is 22.4 Å². The minimum Gasteiger partial charge on any atom is -0.493 e. The number of rotatable bonds is 4. The number of thiocarbonyl (C=S) groups is 1. The molecule has 5 rings (SSSR count). The molecule has 2 aliphatic rings. The molecular formula is C27H26ClN3O3S. The fourth-order valence-corrected chi connectivity index (χ4v) is 5.56. The van der Waals surface area contributed by atoms with Crippen LogP contribution in [0.3, 0.4) is 0 Å². The lowest BCUT2D eigenvalue weighted by Gasteiger charge is -2.56. The van der Waals surface area contributed by atoms with Gasteiger partial charge in [-0.25, -0.2) is 0 Å². The van der Waals surface area contributed by atoms with Gasteiger partial charge in [-0.05, 0) is 80.5 Å². The third kappa shape index (κ3) is 3.79. The van der Waals surface area contributed by atoms with Crippen LogP contribution in [-0.4, -0.2) is 23.9 Å². The summed E-state index contributed by atoms with van der Waals surface area (Å²) in [6.07, 6.45) is 0. The Bertz CT molecular complexity index is 1330. The summed E-state index contributed by atoms with van der Waals surface area (Å²) in [5.74, 6) is 0.358. The summed E-state index contributed by atoms with van der Waals surface area (Å²) in [4.78, 5) is 15.8. The summed E-state index contributed by atoms with van der Waals surface area (Å²) in [7, 11) is 1.61. The highest BCUT2D eigenvalue weighted by Gasteiger charge is 2.59. The van der Waals surface area contributed by atoms with Crippen LogP contribution in [0, 0.1) is 19.8 Å².